The Labute approximate surface area is 130 Å². The lowest BCUT2D eigenvalue weighted by molar-refractivity contribution is 0.0315. The number of ether oxygens (including phenoxy) is 1. The molecule has 112 valence electrons. The molecule has 1 atom stereocenters. The Hall–Kier alpha value is -1.26. The number of rotatable bonds is 5. The van der Waals surface area contributed by atoms with Crippen molar-refractivity contribution in [3.63, 3.8) is 0 Å². The number of nitrogens with zero attached hydrogens (tertiary/aromatic N) is 1. The van der Waals surface area contributed by atoms with Crippen molar-refractivity contribution in [2.45, 2.75) is 38.0 Å². The largest absolute Gasteiger partial charge is 0.377 e. The fraction of sp³-hybridized carbons (Fsp3) is 0.471. The molecule has 0 radical (unpaired) electrons. The number of aromatic nitrogens is 1. The van der Waals surface area contributed by atoms with Gasteiger partial charge in [0.25, 0.3) is 0 Å². The molecule has 1 unspecified atom stereocenters. The van der Waals surface area contributed by atoms with Gasteiger partial charge >= 0.3 is 0 Å². The van der Waals surface area contributed by atoms with E-state index in [1.54, 1.807) is 0 Å². The van der Waals surface area contributed by atoms with Crippen LogP contribution in [0.2, 0.25) is 0 Å². The van der Waals surface area contributed by atoms with Crippen LogP contribution >= 0.6 is 11.8 Å². The van der Waals surface area contributed by atoms with Crippen LogP contribution in [0, 0.1) is 6.92 Å². The minimum Gasteiger partial charge on any atom is -0.377 e. The van der Waals surface area contributed by atoms with Gasteiger partial charge in [0.1, 0.15) is 11.5 Å². The summed E-state index contributed by atoms with van der Waals surface area (Å²) >= 11 is 1.87. The second kappa shape index (κ2) is 7.14. The highest BCUT2D eigenvalue weighted by molar-refractivity contribution is 7.98. The first-order valence-electron chi connectivity index (χ1n) is 7.53. The quantitative estimate of drug-likeness (QED) is 0.817. The number of aryl methyl sites for hydroxylation is 1. The van der Waals surface area contributed by atoms with E-state index in [9.17, 15) is 0 Å². The van der Waals surface area contributed by atoms with Crippen LogP contribution in [0.1, 0.15) is 30.6 Å². The number of hydrogen-bond donors (Lipinski definition) is 0. The lowest BCUT2D eigenvalue weighted by Gasteiger charge is -2.21. The lowest BCUT2D eigenvalue weighted by atomic mass is 10.1. The van der Waals surface area contributed by atoms with E-state index >= 15 is 0 Å². The van der Waals surface area contributed by atoms with Gasteiger partial charge in [0.2, 0.25) is 0 Å². The average Bonchev–Trinajstić information content (AvgIpc) is 2.98. The van der Waals surface area contributed by atoms with Gasteiger partial charge in [-0.1, -0.05) is 35.0 Å². The van der Waals surface area contributed by atoms with Gasteiger partial charge in [0.15, 0.2) is 0 Å². The third-order valence-electron chi connectivity index (χ3n) is 3.73. The van der Waals surface area contributed by atoms with Crippen LogP contribution in [-0.2, 0) is 10.5 Å². The third kappa shape index (κ3) is 4.11. The summed E-state index contributed by atoms with van der Waals surface area (Å²) in [6.07, 6.45) is 4.12. The monoisotopic (exact) mass is 303 g/mol. The normalized spacial score (nSPS) is 18.8. The fourth-order valence-corrected chi connectivity index (χ4v) is 3.45. The molecule has 0 N–H and O–H groups in total. The number of benzene rings is 1. The zero-order valence-corrected chi connectivity index (χ0v) is 13.2. The molecule has 0 aliphatic carbocycles. The molecule has 21 heavy (non-hydrogen) atoms. The minimum atomic E-state index is 0.420. The van der Waals surface area contributed by atoms with Crippen molar-refractivity contribution in [2.75, 3.05) is 12.4 Å². The first kappa shape index (κ1) is 14.7. The molecule has 3 rings (SSSR count). The van der Waals surface area contributed by atoms with Gasteiger partial charge < -0.3 is 9.26 Å². The first-order valence-corrected chi connectivity index (χ1v) is 8.69. The van der Waals surface area contributed by atoms with Crippen molar-refractivity contribution in [3.05, 3.63) is 41.7 Å². The molecule has 1 aliphatic heterocycles. The van der Waals surface area contributed by atoms with Crippen LogP contribution in [0.25, 0.3) is 11.3 Å². The van der Waals surface area contributed by atoms with E-state index in [0.29, 0.717) is 6.10 Å². The summed E-state index contributed by atoms with van der Waals surface area (Å²) in [5, 5.41) is 4.16. The van der Waals surface area contributed by atoms with Crippen LogP contribution in [0.4, 0.5) is 0 Å². The van der Waals surface area contributed by atoms with Crippen molar-refractivity contribution in [3.8, 4) is 11.3 Å². The highest BCUT2D eigenvalue weighted by Crippen LogP contribution is 2.24. The van der Waals surface area contributed by atoms with E-state index in [-0.39, 0.29) is 0 Å². The highest BCUT2D eigenvalue weighted by Gasteiger charge is 2.14. The molecular formula is C17H21NO2S. The smallest absolute Gasteiger partial charge is 0.147 e. The molecule has 4 heteroatoms. The van der Waals surface area contributed by atoms with E-state index in [2.05, 4.69) is 36.3 Å². The second-order valence-corrected chi connectivity index (χ2v) is 6.58. The zero-order valence-electron chi connectivity index (χ0n) is 12.4. The molecule has 1 aromatic carbocycles. The van der Waals surface area contributed by atoms with Gasteiger partial charge in [0.05, 0.1) is 11.9 Å². The van der Waals surface area contributed by atoms with Gasteiger partial charge in [-0.05, 0) is 26.2 Å². The first-order chi connectivity index (χ1) is 10.3. The van der Waals surface area contributed by atoms with E-state index in [1.165, 1.54) is 24.8 Å². The molecule has 2 heterocycles. The van der Waals surface area contributed by atoms with E-state index in [1.807, 2.05) is 17.8 Å². The summed E-state index contributed by atoms with van der Waals surface area (Å²) < 4.78 is 11.2. The van der Waals surface area contributed by atoms with Gasteiger partial charge in [-0.25, -0.2) is 0 Å². The Balaban J connectivity index is 1.51. The molecule has 0 bridgehead atoms. The summed E-state index contributed by atoms with van der Waals surface area (Å²) in [6, 6.07) is 10.4. The molecule has 1 aromatic heterocycles. The molecular weight excluding hydrogens is 282 g/mol. The van der Waals surface area contributed by atoms with Crippen LogP contribution in [0.5, 0.6) is 0 Å². The van der Waals surface area contributed by atoms with Crippen molar-refractivity contribution in [2.24, 2.45) is 0 Å². The topological polar surface area (TPSA) is 35.3 Å². The van der Waals surface area contributed by atoms with Gasteiger partial charge in [0, 0.05) is 24.0 Å². The molecule has 0 amide bonds. The SMILES string of the molecule is Cc1ccc(-c2cc(CSCC3CCCCO3)on2)cc1. The maximum Gasteiger partial charge on any atom is 0.147 e. The summed E-state index contributed by atoms with van der Waals surface area (Å²) in [7, 11) is 0. The molecule has 0 saturated carbocycles. The Morgan fingerprint density at radius 2 is 2.10 bits per heavy atom. The molecule has 2 aromatic rings. The van der Waals surface area contributed by atoms with Crippen molar-refractivity contribution < 1.29 is 9.26 Å². The van der Waals surface area contributed by atoms with Crippen LogP contribution in [0.3, 0.4) is 0 Å². The Bertz CT molecular complexity index is 558. The van der Waals surface area contributed by atoms with Gasteiger partial charge in [-0.3, -0.25) is 0 Å². The summed E-state index contributed by atoms with van der Waals surface area (Å²) in [5.74, 6) is 2.84. The van der Waals surface area contributed by atoms with Crippen molar-refractivity contribution in [1.82, 2.24) is 5.16 Å². The molecule has 0 spiro atoms. The maximum atomic E-state index is 5.73. The van der Waals surface area contributed by atoms with E-state index in [0.717, 1.165) is 35.1 Å². The summed E-state index contributed by atoms with van der Waals surface area (Å²) in [5.41, 5.74) is 3.28. The number of thioether (sulfide) groups is 1. The predicted octanol–water partition coefficient (Wildman–Crippen LogP) is 4.45. The van der Waals surface area contributed by atoms with Crippen LogP contribution in [0.15, 0.2) is 34.9 Å². The predicted molar refractivity (Wildman–Crippen MR) is 86.4 cm³/mol. The Morgan fingerprint density at radius 1 is 1.24 bits per heavy atom. The van der Waals surface area contributed by atoms with Crippen molar-refractivity contribution >= 4 is 11.8 Å². The Kier molecular flexibility index (Phi) is 4.99. The molecule has 1 aliphatic rings. The maximum absolute atomic E-state index is 5.73. The van der Waals surface area contributed by atoms with Gasteiger partial charge in [-0.15, -0.1) is 0 Å². The zero-order chi connectivity index (χ0) is 14.5. The van der Waals surface area contributed by atoms with Crippen LogP contribution < -0.4 is 0 Å². The average molecular weight is 303 g/mol. The lowest BCUT2D eigenvalue weighted by Crippen LogP contribution is -2.21. The second-order valence-electron chi connectivity index (χ2n) is 5.55. The van der Waals surface area contributed by atoms with Gasteiger partial charge in [-0.2, -0.15) is 11.8 Å². The fourth-order valence-electron chi connectivity index (χ4n) is 2.47. The Morgan fingerprint density at radius 3 is 2.86 bits per heavy atom. The molecule has 1 fully saturated rings. The summed E-state index contributed by atoms with van der Waals surface area (Å²) in [6.45, 7) is 3.01. The minimum absolute atomic E-state index is 0.420. The summed E-state index contributed by atoms with van der Waals surface area (Å²) in [4.78, 5) is 0. The van der Waals surface area contributed by atoms with Crippen LogP contribution in [-0.4, -0.2) is 23.6 Å². The number of hydrogen-bond acceptors (Lipinski definition) is 4. The van der Waals surface area contributed by atoms with E-state index in [4.69, 9.17) is 9.26 Å². The third-order valence-corrected chi connectivity index (χ3v) is 4.82. The molecule has 1 saturated heterocycles. The molecule has 3 nitrogen and oxygen atoms in total. The standard InChI is InChI=1S/C17H21NO2S/c1-13-5-7-14(8-6-13)17-10-16(20-18-17)12-21-11-15-4-2-3-9-19-15/h5-8,10,15H,2-4,9,11-12H2,1H3. The van der Waals surface area contributed by atoms with E-state index < -0.39 is 0 Å². The highest BCUT2D eigenvalue weighted by atomic mass is 32.2. The van der Waals surface area contributed by atoms with Crippen molar-refractivity contribution in [1.29, 1.82) is 0 Å².